The van der Waals surface area contributed by atoms with Gasteiger partial charge < -0.3 is 0 Å². The molecule has 6 heavy (non-hydrogen) atoms. The summed E-state index contributed by atoms with van der Waals surface area (Å²) < 4.78 is 0. The van der Waals surface area contributed by atoms with Gasteiger partial charge in [-0.1, -0.05) is 26.7 Å². The van der Waals surface area contributed by atoms with Gasteiger partial charge in [0.05, 0.1) is 0 Å². The van der Waals surface area contributed by atoms with Crippen LogP contribution in [0.25, 0.3) is 0 Å². The van der Waals surface area contributed by atoms with Crippen LogP contribution in [0.15, 0.2) is 0 Å². The van der Waals surface area contributed by atoms with Gasteiger partial charge in [0.1, 0.15) is 0 Å². The van der Waals surface area contributed by atoms with Gasteiger partial charge in [-0.05, 0) is 0 Å². The van der Waals surface area contributed by atoms with Crippen LogP contribution in [0, 0.1) is 6.92 Å². The van der Waals surface area contributed by atoms with E-state index in [0.717, 1.165) is 6.42 Å². The molecule has 1 radical (unpaired) electrons. The molecule has 0 aliphatic rings. The van der Waals surface area contributed by atoms with Crippen molar-refractivity contribution in [3.63, 3.8) is 0 Å². The van der Waals surface area contributed by atoms with Gasteiger partial charge in [0.2, 0.25) is 0 Å². The fourth-order valence-electron chi connectivity index (χ4n) is 0. The Morgan fingerprint density at radius 2 is 1.83 bits per heavy atom. The van der Waals surface area contributed by atoms with E-state index in [1.165, 1.54) is 23.2 Å². The number of hydrogen-bond acceptors (Lipinski definition) is 0. The summed E-state index contributed by atoms with van der Waals surface area (Å²) in [5.41, 5.74) is 0. The van der Waals surface area contributed by atoms with Crippen molar-refractivity contribution in [3.8, 4) is 0 Å². The molecule has 0 N–H and O–H groups in total. The zero-order valence-corrected chi connectivity index (χ0v) is 5.26. The number of halogens is 1. The van der Waals surface area contributed by atoms with E-state index in [1.54, 1.807) is 0 Å². The molecule has 33 valence electrons. The molecule has 0 spiro atoms. The van der Waals surface area contributed by atoms with E-state index in [0.29, 0.717) is 0 Å². The van der Waals surface area contributed by atoms with Crippen LogP contribution in [0.5, 0.6) is 0 Å². The summed E-state index contributed by atoms with van der Waals surface area (Å²) in [5.74, 6) is 0. The van der Waals surface area contributed by atoms with E-state index in [2.05, 4.69) is 23.6 Å². The van der Waals surface area contributed by atoms with Gasteiger partial charge in [-0.2, -0.15) is 0 Å². The third-order valence-electron chi connectivity index (χ3n) is 0.354. The molecule has 0 rings (SSSR count). The Morgan fingerprint density at radius 3 is 1.83 bits per heavy atom. The second-order valence-corrected chi connectivity index (χ2v) is 0.854. The van der Waals surface area contributed by atoms with E-state index in [4.69, 9.17) is 0 Å². The molecule has 0 saturated heterocycles. The monoisotopic (exact) mass is 99.1 g/mol. The first-order valence-corrected chi connectivity index (χ1v) is 2.84. The van der Waals surface area contributed by atoms with E-state index in [-0.39, 0.29) is 0 Å². The maximum atomic E-state index is 4.64. The van der Waals surface area contributed by atoms with Crippen molar-refractivity contribution in [2.75, 3.05) is 0 Å². The van der Waals surface area contributed by atoms with Crippen LogP contribution < -0.4 is 0 Å². The summed E-state index contributed by atoms with van der Waals surface area (Å²) >= 11 is 1.47. The molecule has 0 atom stereocenters. The van der Waals surface area contributed by atoms with Crippen molar-refractivity contribution in [1.29, 1.82) is 0 Å². The fraction of sp³-hybridized carbons (Fsp3) is 0.750. The molecule has 0 amide bonds. The first-order chi connectivity index (χ1) is 2.91. The Morgan fingerprint density at radius 1 is 1.67 bits per heavy atom. The molecule has 0 unspecified atom stereocenters. The molecule has 0 bridgehead atoms. The summed E-state index contributed by atoms with van der Waals surface area (Å²) in [7, 11) is 4.64. The Bertz CT molecular complexity index is 9.51. The summed E-state index contributed by atoms with van der Waals surface area (Å²) in [6, 6.07) is 0. The third-order valence-corrected chi connectivity index (χ3v) is 0.354. The van der Waals surface area contributed by atoms with Crippen LogP contribution in [0.2, 0.25) is 0 Å². The van der Waals surface area contributed by atoms with Gasteiger partial charge in [0.25, 0.3) is 0 Å². The van der Waals surface area contributed by atoms with Crippen LogP contribution in [-0.4, -0.2) is 16.7 Å². The molecule has 0 saturated carbocycles. The van der Waals surface area contributed by atoms with Crippen molar-refractivity contribution in [1.82, 2.24) is 0 Å². The zero-order chi connectivity index (χ0) is 5.41. The molecule has 2 heteroatoms. The standard InChI is InChI=1S/C4H9.ClH.Li/c1-3-4-2;;/h1,3-4H2,2H3;1H;/q;;+1/p-1. The molecule has 0 fully saturated rings. The summed E-state index contributed by atoms with van der Waals surface area (Å²) in [6.45, 7) is 5.72. The van der Waals surface area contributed by atoms with Crippen LogP contribution in [0.1, 0.15) is 19.8 Å². The van der Waals surface area contributed by atoms with Crippen molar-refractivity contribution in [2.24, 2.45) is 0 Å². The van der Waals surface area contributed by atoms with Crippen molar-refractivity contribution >= 4 is 26.5 Å². The van der Waals surface area contributed by atoms with Crippen molar-refractivity contribution in [3.05, 3.63) is 6.92 Å². The molecule has 0 heterocycles. The molecule has 0 aromatic rings. The topological polar surface area (TPSA) is 0 Å². The minimum absolute atomic E-state index is 1.07. The van der Waals surface area contributed by atoms with Gasteiger partial charge in [0, 0.05) is 0 Å². The van der Waals surface area contributed by atoms with Crippen molar-refractivity contribution in [2.45, 2.75) is 19.8 Å². The first kappa shape index (κ1) is 9.99. The number of unbranched alkanes of at least 4 members (excludes halogenated alkanes) is 1. The van der Waals surface area contributed by atoms with Gasteiger partial charge >= 0.3 is 26.5 Å². The molecule has 0 aromatic carbocycles. The molecule has 0 aliphatic carbocycles. The van der Waals surface area contributed by atoms with Gasteiger partial charge in [0.15, 0.2) is 0 Å². The predicted molar refractivity (Wildman–Crippen MR) is 31.9 cm³/mol. The molecular formula is C4H9ClLi. The fourth-order valence-corrected chi connectivity index (χ4v) is 0. The average molecular weight is 99.5 g/mol. The Hall–Kier alpha value is 0.887. The van der Waals surface area contributed by atoms with Crippen LogP contribution in [0.3, 0.4) is 0 Å². The van der Waals surface area contributed by atoms with Gasteiger partial charge in [-0.25, -0.2) is 0 Å². The van der Waals surface area contributed by atoms with E-state index in [1.807, 2.05) is 0 Å². The number of hydrogen-bond donors (Lipinski definition) is 0. The molecule has 0 nitrogen and oxygen atoms in total. The Balaban J connectivity index is 0. The molecule has 0 aromatic heterocycles. The van der Waals surface area contributed by atoms with E-state index in [9.17, 15) is 0 Å². The first-order valence-electron chi connectivity index (χ1n) is 2.09. The SMILES string of the molecule is [CH2]CCC.[Li][Cl]. The predicted octanol–water partition coefficient (Wildman–Crippen LogP) is 1.93. The van der Waals surface area contributed by atoms with Crippen molar-refractivity contribution < 1.29 is 0 Å². The minimum atomic E-state index is 1.07. The van der Waals surface area contributed by atoms with Gasteiger partial charge in [-0.15, -0.1) is 0 Å². The van der Waals surface area contributed by atoms with Crippen LogP contribution in [0.4, 0.5) is 0 Å². The maximum absolute atomic E-state index is 4.64. The molecule has 0 aliphatic heterocycles. The Labute approximate surface area is 53.6 Å². The van der Waals surface area contributed by atoms with E-state index >= 15 is 0 Å². The second-order valence-electron chi connectivity index (χ2n) is 0.854. The molecular weight excluding hydrogens is 90.4 g/mol. The number of rotatable bonds is 1. The Kier molecular flexibility index (Phi) is 28.1. The normalized spacial score (nSPS) is 6.17. The van der Waals surface area contributed by atoms with Crippen LogP contribution in [-0.2, 0) is 0 Å². The second kappa shape index (κ2) is 16.9. The van der Waals surface area contributed by atoms with E-state index < -0.39 is 0 Å². The quantitative estimate of drug-likeness (QED) is 0.441. The summed E-state index contributed by atoms with van der Waals surface area (Å²) in [6.07, 6.45) is 2.28. The third kappa shape index (κ3) is 20.7. The summed E-state index contributed by atoms with van der Waals surface area (Å²) in [4.78, 5) is 0. The average Bonchev–Trinajstić information content (AvgIpc) is 1.72. The zero-order valence-electron chi connectivity index (χ0n) is 4.50. The summed E-state index contributed by atoms with van der Waals surface area (Å²) in [5, 5.41) is 0. The van der Waals surface area contributed by atoms with Crippen LogP contribution >= 0.6 is 9.80 Å². The van der Waals surface area contributed by atoms with Gasteiger partial charge in [-0.3, -0.25) is 0 Å².